The minimum atomic E-state index is 0.0606. The molecular formula is C9H12N2O2. The molecule has 0 saturated heterocycles. The number of aromatic nitrogens is 2. The molecule has 0 amide bonds. The number of aromatic hydroxyl groups is 1. The molecule has 0 aliphatic rings. The van der Waals surface area contributed by atoms with Crippen molar-refractivity contribution >= 4 is 11.1 Å². The Kier molecular flexibility index (Phi) is 2.84. The molecule has 2 rings (SSSR count). The Morgan fingerprint density at radius 1 is 1.31 bits per heavy atom. The van der Waals surface area contributed by atoms with Crippen LogP contribution in [-0.2, 0) is 0 Å². The van der Waals surface area contributed by atoms with Crippen LogP contribution < -0.4 is 0 Å². The monoisotopic (exact) mass is 180 g/mol. The molecule has 4 nitrogen and oxygen atoms in total. The fourth-order valence-corrected chi connectivity index (χ4v) is 0.956. The van der Waals surface area contributed by atoms with Crippen LogP contribution in [0.15, 0.2) is 17.0 Å². The summed E-state index contributed by atoms with van der Waals surface area (Å²) in [5.74, 6) is 0.0606. The second kappa shape index (κ2) is 3.89. The number of rotatable bonds is 0. The van der Waals surface area contributed by atoms with E-state index < -0.39 is 0 Å². The average Bonchev–Trinajstić information content (AvgIpc) is 2.53. The predicted octanol–water partition coefficient (Wildman–Crippen LogP) is 2.26. The minimum Gasteiger partial charge on any atom is -0.503 e. The molecule has 4 heteroatoms. The molecule has 2 heterocycles. The largest absolute Gasteiger partial charge is 0.503 e. The molecule has 0 unspecified atom stereocenters. The average molecular weight is 180 g/mol. The van der Waals surface area contributed by atoms with Gasteiger partial charge in [0.25, 0.3) is 0 Å². The summed E-state index contributed by atoms with van der Waals surface area (Å²) >= 11 is 0. The summed E-state index contributed by atoms with van der Waals surface area (Å²) in [5, 5.41) is 9.15. The summed E-state index contributed by atoms with van der Waals surface area (Å²) in [5.41, 5.74) is 1.75. The molecule has 2 aromatic heterocycles. The van der Waals surface area contributed by atoms with E-state index in [0.717, 1.165) is 5.69 Å². The van der Waals surface area contributed by atoms with Crippen LogP contribution >= 0.6 is 0 Å². The maximum Gasteiger partial charge on any atom is 0.180 e. The highest BCUT2D eigenvalue weighted by Gasteiger charge is 2.07. The van der Waals surface area contributed by atoms with Crippen LogP contribution in [0, 0.1) is 6.92 Å². The van der Waals surface area contributed by atoms with E-state index in [4.69, 9.17) is 9.52 Å². The van der Waals surface area contributed by atoms with Crippen molar-refractivity contribution < 1.29 is 9.52 Å². The van der Waals surface area contributed by atoms with Crippen LogP contribution in [0.3, 0.4) is 0 Å². The quantitative estimate of drug-likeness (QED) is 0.675. The van der Waals surface area contributed by atoms with Crippen LogP contribution in [-0.4, -0.2) is 15.1 Å². The van der Waals surface area contributed by atoms with E-state index in [1.165, 1.54) is 12.6 Å². The summed E-state index contributed by atoms with van der Waals surface area (Å²) in [6.07, 6.45) is 2.65. The SMILES string of the molecule is CC.Cc1ncnc2c(O)coc12. The molecule has 1 N–H and O–H groups in total. The van der Waals surface area contributed by atoms with Crippen molar-refractivity contribution in [2.24, 2.45) is 0 Å². The van der Waals surface area contributed by atoms with Crippen molar-refractivity contribution in [1.29, 1.82) is 0 Å². The molecule has 0 fully saturated rings. The van der Waals surface area contributed by atoms with Gasteiger partial charge in [0.15, 0.2) is 16.8 Å². The lowest BCUT2D eigenvalue weighted by Gasteiger charge is -1.89. The number of aryl methyl sites for hydroxylation is 1. The zero-order valence-corrected chi connectivity index (χ0v) is 7.90. The van der Waals surface area contributed by atoms with Crippen molar-refractivity contribution in [3.8, 4) is 5.75 Å². The van der Waals surface area contributed by atoms with Gasteiger partial charge in [0.05, 0.1) is 5.69 Å². The molecule has 2 aromatic rings. The van der Waals surface area contributed by atoms with Gasteiger partial charge in [-0.1, -0.05) is 13.8 Å². The third kappa shape index (κ3) is 1.61. The van der Waals surface area contributed by atoms with E-state index in [1.54, 1.807) is 6.92 Å². The van der Waals surface area contributed by atoms with E-state index >= 15 is 0 Å². The van der Waals surface area contributed by atoms with Crippen LogP contribution in [0.4, 0.5) is 0 Å². The van der Waals surface area contributed by atoms with Gasteiger partial charge in [0.2, 0.25) is 0 Å². The molecule has 13 heavy (non-hydrogen) atoms. The summed E-state index contributed by atoms with van der Waals surface area (Å²) in [6.45, 7) is 5.80. The molecule has 0 radical (unpaired) electrons. The Labute approximate surface area is 76.2 Å². The topological polar surface area (TPSA) is 59.2 Å². The lowest BCUT2D eigenvalue weighted by molar-refractivity contribution is 0.464. The molecule has 0 bridgehead atoms. The van der Waals surface area contributed by atoms with Crippen molar-refractivity contribution in [3.05, 3.63) is 18.3 Å². The van der Waals surface area contributed by atoms with Crippen LogP contribution in [0.1, 0.15) is 19.5 Å². The van der Waals surface area contributed by atoms with E-state index in [9.17, 15) is 0 Å². The molecule has 0 aromatic carbocycles. The van der Waals surface area contributed by atoms with Crippen molar-refractivity contribution in [2.75, 3.05) is 0 Å². The van der Waals surface area contributed by atoms with Crippen LogP contribution in [0.2, 0.25) is 0 Å². The van der Waals surface area contributed by atoms with Crippen LogP contribution in [0.25, 0.3) is 11.1 Å². The smallest absolute Gasteiger partial charge is 0.180 e. The highest BCUT2D eigenvalue weighted by molar-refractivity contribution is 5.80. The lowest BCUT2D eigenvalue weighted by Crippen LogP contribution is -1.82. The second-order valence-electron chi connectivity index (χ2n) is 2.26. The maximum atomic E-state index is 9.15. The minimum absolute atomic E-state index is 0.0606. The summed E-state index contributed by atoms with van der Waals surface area (Å²) in [6, 6.07) is 0. The van der Waals surface area contributed by atoms with Gasteiger partial charge >= 0.3 is 0 Å². The Morgan fingerprint density at radius 2 is 2.00 bits per heavy atom. The first-order valence-electron chi connectivity index (χ1n) is 4.17. The number of hydrogen-bond donors (Lipinski definition) is 1. The molecule has 70 valence electrons. The van der Waals surface area contributed by atoms with Gasteiger partial charge in [-0.15, -0.1) is 0 Å². The third-order valence-electron chi connectivity index (χ3n) is 1.51. The van der Waals surface area contributed by atoms with E-state index in [-0.39, 0.29) is 5.75 Å². The normalized spacial score (nSPS) is 9.46. The van der Waals surface area contributed by atoms with Gasteiger partial charge in [0, 0.05) is 0 Å². The highest BCUT2D eigenvalue weighted by Crippen LogP contribution is 2.24. The fourth-order valence-electron chi connectivity index (χ4n) is 0.956. The zero-order chi connectivity index (χ0) is 9.84. The van der Waals surface area contributed by atoms with Crippen LogP contribution in [0.5, 0.6) is 5.75 Å². The van der Waals surface area contributed by atoms with Gasteiger partial charge in [0.1, 0.15) is 12.6 Å². The Morgan fingerprint density at radius 3 is 2.62 bits per heavy atom. The van der Waals surface area contributed by atoms with Gasteiger partial charge in [-0.2, -0.15) is 0 Å². The Bertz CT molecular complexity index is 395. The first kappa shape index (κ1) is 9.51. The van der Waals surface area contributed by atoms with Crippen molar-refractivity contribution in [2.45, 2.75) is 20.8 Å². The van der Waals surface area contributed by atoms with Gasteiger partial charge in [-0.05, 0) is 6.92 Å². The molecule has 0 aliphatic heterocycles. The molecule has 0 spiro atoms. The third-order valence-corrected chi connectivity index (χ3v) is 1.51. The summed E-state index contributed by atoms with van der Waals surface area (Å²) in [7, 11) is 0. The van der Waals surface area contributed by atoms with E-state index in [2.05, 4.69) is 9.97 Å². The van der Waals surface area contributed by atoms with Gasteiger partial charge in [-0.3, -0.25) is 0 Å². The first-order chi connectivity index (χ1) is 6.29. The second-order valence-corrected chi connectivity index (χ2v) is 2.26. The first-order valence-corrected chi connectivity index (χ1v) is 4.17. The summed E-state index contributed by atoms with van der Waals surface area (Å²) < 4.78 is 5.00. The Balaban J connectivity index is 0.000000396. The zero-order valence-electron chi connectivity index (χ0n) is 7.90. The standard InChI is InChI=1S/C7H6N2O2.C2H6/c1-4-7-6(9-3-8-4)5(10)2-11-7;1-2/h2-3,10H,1H3;1-2H3. The highest BCUT2D eigenvalue weighted by atomic mass is 16.4. The predicted molar refractivity (Wildman–Crippen MR) is 49.6 cm³/mol. The van der Waals surface area contributed by atoms with E-state index in [0.29, 0.717) is 11.1 Å². The molecular weight excluding hydrogens is 168 g/mol. The lowest BCUT2D eigenvalue weighted by atomic mass is 10.3. The van der Waals surface area contributed by atoms with Crippen molar-refractivity contribution in [1.82, 2.24) is 9.97 Å². The van der Waals surface area contributed by atoms with Gasteiger partial charge < -0.3 is 9.52 Å². The fraction of sp³-hybridized carbons (Fsp3) is 0.333. The van der Waals surface area contributed by atoms with E-state index in [1.807, 2.05) is 13.8 Å². The number of fused-ring (bicyclic) bond motifs is 1. The number of nitrogens with zero attached hydrogens (tertiary/aromatic N) is 2. The molecule has 0 atom stereocenters. The molecule has 0 saturated carbocycles. The number of hydrogen-bond acceptors (Lipinski definition) is 4. The summed E-state index contributed by atoms with van der Waals surface area (Å²) in [4.78, 5) is 7.75. The van der Waals surface area contributed by atoms with Gasteiger partial charge in [-0.25, -0.2) is 9.97 Å². The number of furan rings is 1. The maximum absolute atomic E-state index is 9.15. The van der Waals surface area contributed by atoms with Crippen molar-refractivity contribution in [3.63, 3.8) is 0 Å². The molecule has 0 aliphatic carbocycles. The Hall–Kier alpha value is -1.58.